The van der Waals surface area contributed by atoms with Gasteiger partial charge in [0.1, 0.15) is 6.10 Å². The highest BCUT2D eigenvalue weighted by molar-refractivity contribution is 7.86. The number of nitrogens with zero attached hydrogens (tertiary/aromatic N) is 3. The molecule has 1 unspecified atom stereocenters. The van der Waals surface area contributed by atoms with Gasteiger partial charge in [0, 0.05) is 12.4 Å². The van der Waals surface area contributed by atoms with Crippen LogP contribution in [-0.4, -0.2) is 28.2 Å². The van der Waals surface area contributed by atoms with Crippen molar-refractivity contribution in [2.75, 3.05) is 6.26 Å². The van der Waals surface area contributed by atoms with E-state index >= 15 is 0 Å². The number of hydrogen-bond acceptors (Lipinski definition) is 7. The van der Waals surface area contributed by atoms with Crippen molar-refractivity contribution in [1.29, 1.82) is 0 Å². The van der Waals surface area contributed by atoms with E-state index in [1.54, 1.807) is 6.07 Å². The molecule has 11 heteroatoms. The minimum Gasteiger partial charge on any atom is -0.272 e. The van der Waals surface area contributed by atoms with E-state index in [9.17, 15) is 22.4 Å². The fourth-order valence-electron chi connectivity index (χ4n) is 2.52. The van der Waals surface area contributed by atoms with Gasteiger partial charge in [-0.1, -0.05) is 0 Å². The van der Waals surface area contributed by atoms with Crippen LogP contribution in [0, 0.1) is 5.95 Å². The van der Waals surface area contributed by atoms with E-state index in [4.69, 9.17) is 4.18 Å². The minimum atomic E-state index is -3.69. The molecule has 0 amide bonds. The second-order valence-electron chi connectivity index (χ2n) is 5.67. The van der Waals surface area contributed by atoms with Gasteiger partial charge in [-0.2, -0.15) is 17.2 Å². The zero-order chi connectivity index (χ0) is 19.2. The van der Waals surface area contributed by atoms with E-state index < -0.39 is 33.4 Å². The maximum atomic E-state index is 13.5. The molecule has 3 aromatic rings. The molecule has 0 saturated carbocycles. The van der Waals surface area contributed by atoms with Crippen molar-refractivity contribution in [3.05, 3.63) is 56.7 Å². The van der Waals surface area contributed by atoms with Crippen LogP contribution in [0.3, 0.4) is 0 Å². The molecule has 2 aromatic heterocycles. The summed E-state index contributed by atoms with van der Waals surface area (Å²) in [6.45, 7) is 1.53. The van der Waals surface area contributed by atoms with Gasteiger partial charge in [0.25, 0.3) is 15.7 Å². The first kappa shape index (κ1) is 18.4. The van der Waals surface area contributed by atoms with Crippen LogP contribution in [0.5, 0.6) is 0 Å². The van der Waals surface area contributed by atoms with E-state index in [2.05, 4.69) is 4.37 Å². The van der Waals surface area contributed by atoms with Gasteiger partial charge in [-0.25, -0.2) is 9.36 Å². The Hall–Kier alpha value is -2.37. The first-order valence-corrected chi connectivity index (χ1v) is 9.94. The molecule has 8 nitrogen and oxygen atoms in total. The molecule has 0 fully saturated rings. The fraction of sp³-hybridized carbons (Fsp3) is 0.267. The van der Waals surface area contributed by atoms with Gasteiger partial charge >= 0.3 is 5.69 Å². The molecular formula is C15H14FN3O5S2. The maximum Gasteiger partial charge on any atom is 0.337 e. The molecule has 2 heterocycles. The summed E-state index contributed by atoms with van der Waals surface area (Å²) in [5.41, 5.74) is -1.06. The smallest absolute Gasteiger partial charge is 0.272 e. The summed E-state index contributed by atoms with van der Waals surface area (Å²) in [4.78, 5) is 24.3. The van der Waals surface area contributed by atoms with Crippen molar-refractivity contribution in [3.8, 4) is 5.69 Å². The molecule has 0 aliphatic rings. The molecule has 0 bridgehead atoms. The van der Waals surface area contributed by atoms with E-state index in [0.29, 0.717) is 21.7 Å². The summed E-state index contributed by atoms with van der Waals surface area (Å²) >= 11 is 1.13. The van der Waals surface area contributed by atoms with Crippen LogP contribution in [0.4, 0.5) is 4.39 Å². The molecule has 138 valence electrons. The first-order chi connectivity index (χ1) is 12.1. The third-order valence-corrected chi connectivity index (χ3v) is 5.18. The highest BCUT2D eigenvalue weighted by Crippen LogP contribution is 2.30. The summed E-state index contributed by atoms with van der Waals surface area (Å²) in [5, 5.41) is 0.543. The minimum absolute atomic E-state index is 0.219. The van der Waals surface area contributed by atoms with Gasteiger partial charge in [0.15, 0.2) is 0 Å². The highest BCUT2D eigenvalue weighted by Gasteiger charge is 2.19. The largest absolute Gasteiger partial charge is 0.337 e. The van der Waals surface area contributed by atoms with Crippen LogP contribution in [0.2, 0.25) is 0 Å². The van der Waals surface area contributed by atoms with Gasteiger partial charge in [-0.15, -0.1) is 0 Å². The number of hydrogen-bond donors (Lipinski definition) is 0. The Morgan fingerprint density at radius 1 is 1.27 bits per heavy atom. The third kappa shape index (κ3) is 3.32. The second kappa shape index (κ2) is 6.41. The Morgan fingerprint density at radius 3 is 2.62 bits per heavy atom. The van der Waals surface area contributed by atoms with Crippen LogP contribution in [-0.2, 0) is 21.3 Å². The summed E-state index contributed by atoms with van der Waals surface area (Å²) in [7, 11) is -2.48. The molecule has 1 aromatic carbocycles. The van der Waals surface area contributed by atoms with Crippen molar-refractivity contribution < 1.29 is 17.0 Å². The maximum absolute atomic E-state index is 13.5. The first-order valence-electron chi connectivity index (χ1n) is 7.35. The predicted molar refractivity (Wildman–Crippen MR) is 94.8 cm³/mol. The Bertz CT molecular complexity index is 1230. The summed E-state index contributed by atoms with van der Waals surface area (Å²) < 4.78 is 47.7. The molecule has 0 radical (unpaired) electrons. The van der Waals surface area contributed by atoms with Gasteiger partial charge in [-0.05, 0) is 36.7 Å². The van der Waals surface area contributed by atoms with E-state index in [0.717, 1.165) is 27.1 Å². The molecule has 0 aliphatic heterocycles. The zero-order valence-corrected chi connectivity index (χ0v) is 15.6. The highest BCUT2D eigenvalue weighted by atomic mass is 32.2. The topological polar surface area (TPSA) is 100 Å². The van der Waals surface area contributed by atoms with Crippen molar-refractivity contribution in [3.63, 3.8) is 0 Å². The fourth-order valence-corrected chi connectivity index (χ4v) is 3.97. The third-order valence-electron chi connectivity index (χ3n) is 3.71. The lowest BCUT2D eigenvalue weighted by Gasteiger charge is -2.10. The number of benzene rings is 1. The van der Waals surface area contributed by atoms with Gasteiger partial charge in [0.05, 0.1) is 28.4 Å². The van der Waals surface area contributed by atoms with Crippen molar-refractivity contribution in [2.45, 2.75) is 13.0 Å². The molecule has 26 heavy (non-hydrogen) atoms. The molecule has 0 saturated heterocycles. The van der Waals surface area contributed by atoms with Crippen molar-refractivity contribution >= 4 is 31.7 Å². The Balaban J connectivity index is 2.20. The lowest BCUT2D eigenvalue weighted by Crippen LogP contribution is -2.38. The predicted octanol–water partition coefficient (Wildman–Crippen LogP) is 1.32. The number of halogens is 1. The van der Waals surface area contributed by atoms with Crippen LogP contribution in [0.1, 0.15) is 18.7 Å². The Labute approximate surface area is 151 Å². The average molecular weight is 399 g/mol. The molecule has 0 N–H and O–H groups in total. The molecular weight excluding hydrogens is 385 g/mol. The van der Waals surface area contributed by atoms with E-state index in [1.807, 2.05) is 0 Å². The molecule has 0 aliphatic carbocycles. The number of aromatic nitrogens is 3. The van der Waals surface area contributed by atoms with Crippen LogP contribution in [0.25, 0.3) is 15.8 Å². The summed E-state index contributed by atoms with van der Waals surface area (Å²) in [6, 6.07) is 5.42. The van der Waals surface area contributed by atoms with Crippen molar-refractivity contribution in [1.82, 2.24) is 13.5 Å². The molecule has 3 rings (SSSR count). The SMILES string of the molecule is CC(OS(C)(=O)=O)c1nsc2ccc(-n3c(=O)cc(F)n(C)c3=O)cc12. The van der Waals surface area contributed by atoms with Crippen molar-refractivity contribution in [2.24, 2.45) is 7.05 Å². The Kier molecular flexibility index (Phi) is 4.54. The molecule has 1 atom stereocenters. The number of fused-ring (bicyclic) bond motifs is 1. The normalized spacial score (nSPS) is 13.2. The quantitative estimate of drug-likeness (QED) is 0.485. The summed E-state index contributed by atoms with van der Waals surface area (Å²) in [6.07, 6.45) is 0.0902. The number of rotatable bonds is 4. The van der Waals surface area contributed by atoms with Crippen LogP contribution < -0.4 is 11.2 Å². The molecule has 0 spiro atoms. The van der Waals surface area contributed by atoms with Crippen LogP contribution in [0.15, 0.2) is 33.9 Å². The monoisotopic (exact) mass is 399 g/mol. The second-order valence-corrected chi connectivity index (χ2v) is 8.08. The van der Waals surface area contributed by atoms with E-state index in [-0.39, 0.29) is 5.69 Å². The zero-order valence-electron chi connectivity index (χ0n) is 14.0. The standard InChI is InChI=1S/C15H14FN3O5S2/c1-8(24-26(3,22)23)14-10-6-9(4-5-11(10)25-17-14)19-13(20)7-12(16)18(2)15(19)21/h4-8H,1-3H3. The lowest BCUT2D eigenvalue weighted by atomic mass is 10.1. The van der Waals surface area contributed by atoms with Gasteiger partial charge in [0.2, 0.25) is 5.95 Å². The average Bonchev–Trinajstić information content (AvgIpc) is 2.94. The van der Waals surface area contributed by atoms with Gasteiger partial charge in [-0.3, -0.25) is 13.5 Å². The van der Waals surface area contributed by atoms with Crippen LogP contribution >= 0.6 is 11.5 Å². The lowest BCUT2D eigenvalue weighted by molar-refractivity contribution is 0.234. The van der Waals surface area contributed by atoms with Gasteiger partial charge < -0.3 is 0 Å². The Morgan fingerprint density at radius 2 is 1.96 bits per heavy atom. The summed E-state index contributed by atoms with van der Waals surface area (Å²) in [5.74, 6) is -0.939. The van der Waals surface area contributed by atoms with E-state index in [1.165, 1.54) is 26.1 Å².